The van der Waals surface area contributed by atoms with E-state index in [2.05, 4.69) is 29.8 Å². The van der Waals surface area contributed by atoms with Crippen molar-refractivity contribution >= 4 is 11.3 Å². The molecule has 1 aliphatic carbocycles. The standard InChI is InChI=1S/C13H21NS/c1-2-14-13(11-8-9-11)7-3-5-12-6-4-10-15-12/h4,6,10-11,13-14H,2-3,5,7-9H2,1H3. The van der Waals surface area contributed by atoms with E-state index in [0.29, 0.717) is 0 Å². The van der Waals surface area contributed by atoms with Crippen LogP contribution in [0.15, 0.2) is 17.5 Å². The Morgan fingerprint density at radius 1 is 1.53 bits per heavy atom. The van der Waals surface area contributed by atoms with E-state index in [1.807, 2.05) is 11.3 Å². The Labute approximate surface area is 96.9 Å². The van der Waals surface area contributed by atoms with Crippen LogP contribution in [0.3, 0.4) is 0 Å². The Hall–Kier alpha value is -0.340. The average molecular weight is 223 g/mol. The van der Waals surface area contributed by atoms with Gasteiger partial charge in [-0.2, -0.15) is 0 Å². The molecule has 1 atom stereocenters. The van der Waals surface area contributed by atoms with E-state index >= 15 is 0 Å². The third kappa shape index (κ3) is 3.62. The summed E-state index contributed by atoms with van der Waals surface area (Å²) in [7, 11) is 0. The Morgan fingerprint density at radius 3 is 3.00 bits per heavy atom. The topological polar surface area (TPSA) is 12.0 Å². The van der Waals surface area contributed by atoms with E-state index in [4.69, 9.17) is 0 Å². The number of rotatable bonds is 7. The number of thiophene rings is 1. The zero-order chi connectivity index (χ0) is 10.5. The van der Waals surface area contributed by atoms with Gasteiger partial charge in [-0.25, -0.2) is 0 Å². The molecule has 15 heavy (non-hydrogen) atoms. The Kier molecular flexibility index (Phi) is 4.21. The molecule has 1 aromatic heterocycles. The highest BCUT2D eigenvalue weighted by atomic mass is 32.1. The molecule has 1 heterocycles. The Balaban J connectivity index is 1.66. The second-order valence-electron chi connectivity index (χ2n) is 4.47. The maximum Gasteiger partial charge on any atom is 0.00953 e. The van der Waals surface area contributed by atoms with Crippen molar-refractivity contribution < 1.29 is 0 Å². The van der Waals surface area contributed by atoms with Crippen molar-refractivity contribution in [3.63, 3.8) is 0 Å². The fourth-order valence-electron chi connectivity index (χ4n) is 2.22. The van der Waals surface area contributed by atoms with Crippen molar-refractivity contribution in [3.8, 4) is 0 Å². The maximum absolute atomic E-state index is 3.63. The van der Waals surface area contributed by atoms with Crippen LogP contribution in [0, 0.1) is 5.92 Å². The van der Waals surface area contributed by atoms with Crippen LogP contribution in [0.5, 0.6) is 0 Å². The van der Waals surface area contributed by atoms with Crippen molar-refractivity contribution in [1.82, 2.24) is 5.32 Å². The molecule has 1 aromatic rings. The van der Waals surface area contributed by atoms with Crippen molar-refractivity contribution in [2.24, 2.45) is 5.92 Å². The van der Waals surface area contributed by atoms with Crippen LogP contribution >= 0.6 is 11.3 Å². The van der Waals surface area contributed by atoms with Crippen LogP contribution in [-0.4, -0.2) is 12.6 Å². The maximum atomic E-state index is 3.63. The molecule has 0 bridgehead atoms. The molecule has 0 aliphatic heterocycles. The molecule has 2 heteroatoms. The first-order chi connectivity index (χ1) is 7.40. The normalized spacial score (nSPS) is 17.9. The van der Waals surface area contributed by atoms with Crippen molar-refractivity contribution in [1.29, 1.82) is 0 Å². The molecular formula is C13H21NS. The van der Waals surface area contributed by atoms with E-state index in [1.54, 1.807) is 4.88 Å². The minimum atomic E-state index is 0.801. The van der Waals surface area contributed by atoms with Gasteiger partial charge >= 0.3 is 0 Å². The molecule has 84 valence electrons. The first-order valence-corrected chi connectivity index (χ1v) is 7.04. The minimum Gasteiger partial charge on any atom is -0.314 e. The quantitative estimate of drug-likeness (QED) is 0.746. The van der Waals surface area contributed by atoms with Crippen LogP contribution < -0.4 is 5.32 Å². The summed E-state index contributed by atoms with van der Waals surface area (Å²) in [5.74, 6) is 0.994. The average Bonchev–Trinajstić information content (AvgIpc) is 2.96. The van der Waals surface area contributed by atoms with Crippen LogP contribution in [0.2, 0.25) is 0 Å². The van der Waals surface area contributed by atoms with Gasteiger partial charge in [0, 0.05) is 10.9 Å². The SMILES string of the molecule is CCNC(CCCc1cccs1)C1CC1. The van der Waals surface area contributed by atoms with Gasteiger partial charge in [-0.1, -0.05) is 13.0 Å². The molecule has 0 amide bonds. The van der Waals surface area contributed by atoms with E-state index in [1.165, 1.54) is 32.1 Å². The molecule has 1 saturated carbocycles. The van der Waals surface area contributed by atoms with Gasteiger partial charge in [0.05, 0.1) is 0 Å². The highest BCUT2D eigenvalue weighted by Gasteiger charge is 2.29. The fourth-order valence-corrected chi connectivity index (χ4v) is 2.97. The summed E-state index contributed by atoms with van der Waals surface area (Å²) in [5, 5.41) is 5.81. The lowest BCUT2D eigenvalue weighted by atomic mass is 10.0. The first kappa shape index (κ1) is 11.2. The Bertz CT molecular complexity index is 264. The lowest BCUT2D eigenvalue weighted by molar-refractivity contribution is 0.435. The van der Waals surface area contributed by atoms with Crippen LogP contribution in [0.1, 0.15) is 37.5 Å². The minimum absolute atomic E-state index is 0.801. The molecule has 0 aromatic carbocycles. The molecule has 1 unspecified atom stereocenters. The third-order valence-electron chi connectivity index (χ3n) is 3.18. The van der Waals surface area contributed by atoms with Crippen LogP contribution in [0.25, 0.3) is 0 Å². The smallest absolute Gasteiger partial charge is 0.00953 e. The van der Waals surface area contributed by atoms with E-state index < -0.39 is 0 Å². The second kappa shape index (κ2) is 5.66. The zero-order valence-electron chi connectivity index (χ0n) is 9.54. The summed E-state index contributed by atoms with van der Waals surface area (Å²) in [6.07, 6.45) is 6.88. The van der Waals surface area contributed by atoms with Gasteiger partial charge in [-0.05, 0) is 56.0 Å². The number of nitrogens with one attached hydrogen (secondary N) is 1. The predicted octanol–water partition coefficient (Wildman–Crippen LogP) is 3.46. The molecule has 1 nitrogen and oxygen atoms in total. The molecule has 1 N–H and O–H groups in total. The summed E-state index contributed by atoms with van der Waals surface area (Å²) >= 11 is 1.89. The van der Waals surface area contributed by atoms with Gasteiger partial charge in [0.25, 0.3) is 0 Å². The molecule has 1 fully saturated rings. The molecule has 0 radical (unpaired) electrons. The molecule has 1 aliphatic rings. The molecule has 0 saturated heterocycles. The van der Waals surface area contributed by atoms with Gasteiger partial charge in [0.1, 0.15) is 0 Å². The molecule has 2 rings (SSSR count). The summed E-state index contributed by atoms with van der Waals surface area (Å²) in [4.78, 5) is 1.54. The summed E-state index contributed by atoms with van der Waals surface area (Å²) in [6.45, 7) is 3.34. The molecule has 0 spiro atoms. The fraction of sp³-hybridized carbons (Fsp3) is 0.692. The van der Waals surface area contributed by atoms with Gasteiger partial charge in [-0.3, -0.25) is 0 Å². The van der Waals surface area contributed by atoms with Gasteiger partial charge < -0.3 is 5.32 Å². The summed E-state index contributed by atoms with van der Waals surface area (Å²) in [6, 6.07) is 5.21. The highest BCUT2D eigenvalue weighted by Crippen LogP contribution is 2.34. The van der Waals surface area contributed by atoms with E-state index in [9.17, 15) is 0 Å². The predicted molar refractivity (Wildman–Crippen MR) is 67.4 cm³/mol. The largest absolute Gasteiger partial charge is 0.314 e. The molecular weight excluding hydrogens is 202 g/mol. The first-order valence-electron chi connectivity index (χ1n) is 6.16. The monoisotopic (exact) mass is 223 g/mol. The highest BCUT2D eigenvalue weighted by molar-refractivity contribution is 7.09. The number of aryl methyl sites for hydroxylation is 1. The lowest BCUT2D eigenvalue weighted by Crippen LogP contribution is -2.30. The third-order valence-corrected chi connectivity index (χ3v) is 4.11. The van der Waals surface area contributed by atoms with Crippen molar-refractivity contribution in [2.45, 2.75) is 45.1 Å². The van der Waals surface area contributed by atoms with Gasteiger partial charge in [-0.15, -0.1) is 11.3 Å². The van der Waals surface area contributed by atoms with Crippen LogP contribution in [0.4, 0.5) is 0 Å². The number of hydrogen-bond acceptors (Lipinski definition) is 2. The van der Waals surface area contributed by atoms with E-state index in [-0.39, 0.29) is 0 Å². The summed E-state index contributed by atoms with van der Waals surface area (Å²) in [5.41, 5.74) is 0. The van der Waals surface area contributed by atoms with Crippen LogP contribution in [-0.2, 0) is 6.42 Å². The van der Waals surface area contributed by atoms with Crippen molar-refractivity contribution in [3.05, 3.63) is 22.4 Å². The van der Waals surface area contributed by atoms with Crippen molar-refractivity contribution in [2.75, 3.05) is 6.54 Å². The van der Waals surface area contributed by atoms with Gasteiger partial charge in [0.15, 0.2) is 0 Å². The summed E-state index contributed by atoms with van der Waals surface area (Å²) < 4.78 is 0. The second-order valence-corrected chi connectivity index (χ2v) is 5.51. The Morgan fingerprint density at radius 2 is 2.40 bits per heavy atom. The zero-order valence-corrected chi connectivity index (χ0v) is 10.4. The number of hydrogen-bond donors (Lipinski definition) is 1. The van der Waals surface area contributed by atoms with E-state index in [0.717, 1.165) is 18.5 Å². The van der Waals surface area contributed by atoms with Gasteiger partial charge in [0.2, 0.25) is 0 Å². The lowest BCUT2D eigenvalue weighted by Gasteiger charge is -2.16.